The molecule has 0 radical (unpaired) electrons. The second-order valence-electron chi connectivity index (χ2n) is 5.61. The van der Waals surface area contributed by atoms with Crippen LogP contribution in [-0.2, 0) is 0 Å². The summed E-state index contributed by atoms with van der Waals surface area (Å²) in [5.74, 6) is 1.62. The molecule has 1 N–H and O–H groups in total. The molecule has 1 aliphatic rings. The third-order valence-corrected chi connectivity index (χ3v) is 4.58. The lowest BCUT2D eigenvalue weighted by Crippen LogP contribution is -3.14. The molecule has 1 heterocycles. The van der Waals surface area contributed by atoms with Gasteiger partial charge in [-0.15, -0.1) is 0 Å². The lowest BCUT2D eigenvalue weighted by Gasteiger charge is -2.27. The third kappa shape index (κ3) is 4.37. The molecule has 19 heavy (non-hydrogen) atoms. The highest BCUT2D eigenvalue weighted by molar-refractivity contribution is 9.10. The first kappa shape index (κ1) is 15.1. The monoisotopic (exact) mass is 346 g/mol. The highest BCUT2D eigenvalue weighted by atomic mass is 79.9. The molecule has 0 aliphatic carbocycles. The van der Waals surface area contributed by atoms with Gasteiger partial charge in [0.15, 0.2) is 5.75 Å². The van der Waals surface area contributed by atoms with Crippen LogP contribution in [0.5, 0.6) is 5.75 Å². The zero-order valence-corrected chi connectivity index (χ0v) is 14.0. The minimum Gasteiger partial charge on any atom is -0.485 e. The van der Waals surface area contributed by atoms with Crippen LogP contribution in [0.3, 0.4) is 0 Å². The van der Waals surface area contributed by atoms with Crippen molar-refractivity contribution in [3.05, 3.63) is 27.2 Å². The molecular formula is C15H22BrClNO+. The van der Waals surface area contributed by atoms with Gasteiger partial charge in [-0.25, -0.2) is 0 Å². The second-order valence-corrected chi connectivity index (χ2v) is 6.87. The number of benzene rings is 1. The van der Waals surface area contributed by atoms with E-state index in [9.17, 15) is 0 Å². The number of hydrogen-bond donors (Lipinski definition) is 1. The number of nitrogens with one attached hydrogen (secondary N) is 1. The van der Waals surface area contributed by atoms with Gasteiger partial charge in [-0.05, 0) is 53.4 Å². The van der Waals surface area contributed by atoms with E-state index in [0.717, 1.165) is 34.9 Å². The molecule has 106 valence electrons. The lowest BCUT2D eigenvalue weighted by molar-refractivity contribution is -0.908. The van der Waals surface area contributed by atoms with Crippen molar-refractivity contribution in [2.75, 3.05) is 26.2 Å². The number of halogens is 2. The maximum Gasteiger partial charge on any atom is 0.152 e. The van der Waals surface area contributed by atoms with Crippen molar-refractivity contribution >= 4 is 27.5 Å². The average Bonchev–Trinajstić information content (AvgIpc) is 2.32. The van der Waals surface area contributed by atoms with Crippen LogP contribution in [0.25, 0.3) is 0 Å². The van der Waals surface area contributed by atoms with E-state index in [1.54, 1.807) is 4.90 Å². The van der Waals surface area contributed by atoms with E-state index in [1.165, 1.54) is 25.9 Å². The number of ether oxygens (including phenoxy) is 1. The Morgan fingerprint density at radius 2 is 2.26 bits per heavy atom. The topological polar surface area (TPSA) is 13.7 Å². The van der Waals surface area contributed by atoms with Crippen LogP contribution in [-0.4, -0.2) is 26.2 Å². The predicted molar refractivity (Wildman–Crippen MR) is 83.3 cm³/mol. The van der Waals surface area contributed by atoms with Crippen LogP contribution in [0.15, 0.2) is 16.6 Å². The van der Waals surface area contributed by atoms with Crippen LogP contribution >= 0.6 is 27.5 Å². The lowest BCUT2D eigenvalue weighted by atomic mass is 10.0. The summed E-state index contributed by atoms with van der Waals surface area (Å²) in [7, 11) is 0. The summed E-state index contributed by atoms with van der Waals surface area (Å²) in [6.07, 6.45) is 2.71. The molecule has 2 atom stereocenters. The van der Waals surface area contributed by atoms with Gasteiger partial charge in [-0.3, -0.25) is 0 Å². The van der Waals surface area contributed by atoms with Gasteiger partial charge in [0.25, 0.3) is 0 Å². The SMILES string of the molecule is Cc1cc(Cl)c(OCC[NH+]2CCC[C@@H](C)C2)c(Br)c1. The van der Waals surface area contributed by atoms with E-state index >= 15 is 0 Å². The number of aryl methyl sites for hydroxylation is 1. The van der Waals surface area contributed by atoms with Crippen molar-refractivity contribution in [3.8, 4) is 5.75 Å². The Morgan fingerprint density at radius 1 is 1.47 bits per heavy atom. The van der Waals surface area contributed by atoms with E-state index in [-0.39, 0.29) is 0 Å². The van der Waals surface area contributed by atoms with Gasteiger partial charge in [-0.2, -0.15) is 0 Å². The molecule has 1 aliphatic heterocycles. The second kappa shape index (κ2) is 6.96. The number of likely N-dealkylation sites (tertiary alicyclic amines) is 1. The van der Waals surface area contributed by atoms with Gasteiger partial charge in [0.05, 0.1) is 22.6 Å². The zero-order chi connectivity index (χ0) is 13.8. The highest BCUT2D eigenvalue weighted by Crippen LogP contribution is 2.34. The summed E-state index contributed by atoms with van der Waals surface area (Å²) in [4.78, 5) is 1.65. The van der Waals surface area contributed by atoms with Gasteiger partial charge in [0.1, 0.15) is 13.2 Å². The Kier molecular flexibility index (Phi) is 5.55. The molecule has 0 bridgehead atoms. The molecule has 1 fully saturated rings. The van der Waals surface area contributed by atoms with E-state index in [1.807, 2.05) is 19.1 Å². The van der Waals surface area contributed by atoms with Crippen molar-refractivity contribution in [1.82, 2.24) is 0 Å². The number of piperidine rings is 1. The summed E-state index contributed by atoms with van der Waals surface area (Å²) in [5.41, 5.74) is 1.14. The number of hydrogen-bond acceptors (Lipinski definition) is 1. The maximum absolute atomic E-state index is 6.22. The van der Waals surface area contributed by atoms with Crippen LogP contribution in [0.2, 0.25) is 5.02 Å². The first-order valence-corrected chi connectivity index (χ1v) is 8.15. The van der Waals surface area contributed by atoms with Crippen molar-refractivity contribution in [3.63, 3.8) is 0 Å². The molecule has 0 aromatic heterocycles. The van der Waals surface area contributed by atoms with E-state index in [2.05, 4.69) is 22.9 Å². The van der Waals surface area contributed by atoms with Crippen molar-refractivity contribution in [1.29, 1.82) is 0 Å². The van der Waals surface area contributed by atoms with Crippen LogP contribution in [0, 0.1) is 12.8 Å². The van der Waals surface area contributed by atoms with Crippen LogP contribution in [0.1, 0.15) is 25.3 Å². The number of quaternary nitrogens is 1. The highest BCUT2D eigenvalue weighted by Gasteiger charge is 2.19. The van der Waals surface area contributed by atoms with Crippen molar-refractivity contribution in [2.45, 2.75) is 26.7 Å². The van der Waals surface area contributed by atoms with E-state index < -0.39 is 0 Å². The fraction of sp³-hybridized carbons (Fsp3) is 0.600. The summed E-state index contributed by atoms with van der Waals surface area (Å²) in [6.45, 7) is 8.69. The summed E-state index contributed by atoms with van der Waals surface area (Å²) in [5, 5.41) is 0.689. The van der Waals surface area contributed by atoms with Crippen LogP contribution in [0.4, 0.5) is 0 Å². The molecule has 0 saturated carbocycles. The zero-order valence-electron chi connectivity index (χ0n) is 11.6. The molecule has 0 spiro atoms. The quantitative estimate of drug-likeness (QED) is 0.883. The van der Waals surface area contributed by atoms with Gasteiger partial charge < -0.3 is 9.64 Å². The fourth-order valence-corrected chi connectivity index (χ4v) is 3.88. The predicted octanol–water partition coefficient (Wildman–Crippen LogP) is 3.10. The molecule has 2 rings (SSSR count). The molecule has 1 aromatic rings. The van der Waals surface area contributed by atoms with Crippen molar-refractivity contribution in [2.24, 2.45) is 5.92 Å². The minimum atomic E-state index is 0.689. The Labute approximate surface area is 129 Å². The Balaban J connectivity index is 1.85. The minimum absolute atomic E-state index is 0.689. The standard InChI is InChI=1S/C15H21BrClNO/c1-11-4-3-5-18(10-11)6-7-19-15-13(16)8-12(2)9-14(15)17/h8-9,11H,3-7,10H2,1-2H3/p+1/t11-/m1/s1. The largest absolute Gasteiger partial charge is 0.485 e. The molecular weight excluding hydrogens is 326 g/mol. The first-order chi connectivity index (χ1) is 9.06. The number of rotatable bonds is 4. The van der Waals surface area contributed by atoms with E-state index in [4.69, 9.17) is 16.3 Å². The molecule has 1 aromatic carbocycles. The summed E-state index contributed by atoms with van der Waals surface area (Å²) >= 11 is 9.74. The molecule has 2 nitrogen and oxygen atoms in total. The molecule has 0 amide bonds. The van der Waals surface area contributed by atoms with Gasteiger partial charge in [-0.1, -0.05) is 18.5 Å². The smallest absolute Gasteiger partial charge is 0.152 e. The summed E-state index contributed by atoms with van der Waals surface area (Å²) < 4.78 is 6.80. The fourth-order valence-electron chi connectivity index (χ4n) is 2.75. The Morgan fingerprint density at radius 3 is 2.95 bits per heavy atom. The van der Waals surface area contributed by atoms with Crippen LogP contribution < -0.4 is 9.64 Å². The first-order valence-electron chi connectivity index (χ1n) is 6.98. The van der Waals surface area contributed by atoms with Gasteiger partial charge in [0, 0.05) is 5.92 Å². The van der Waals surface area contributed by atoms with Gasteiger partial charge in [0.2, 0.25) is 0 Å². The molecule has 1 unspecified atom stereocenters. The molecule has 4 heteroatoms. The Hall–Kier alpha value is -0.250. The molecule has 1 saturated heterocycles. The van der Waals surface area contributed by atoms with Crippen molar-refractivity contribution < 1.29 is 9.64 Å². The third-order valence-electron chi connectivity index (χ3n) is 3.71. The van der Waals surface area contributed by atoms with Gasteiger partial charge >= 0.3 is 0 Å². The maximum atomic E-state index is 6.22. The Bertz CT molecular complexity index is 415. The summed E-state index contributed by atoms with van der Waals surface area (Å²) in [6, 6.07) is 3.98. The average molecular weight is 348 g/mol. The normalized spacial score (nSPS) is 23.4. The van der Waals surface area contributed by atoms with E-state index in [0.29, 0.717) is 5.02 Å².